The summed E-state index contributed by atoms with van der Waals surface area (Å²) < 4.78 is 2.48. The first-order valence-corrected chi connectivity index (χ1v) is 13.8. The van der Waals surface area contributed by atoms with Gasteiger partial charge in [-0.25, -0.2) is 4.98 Å². The van der Waals surface area contributed by atoms with E-state index in [2.05, 4.69) is 58.1 Å². The van der Waals surface area contributed by atoms with Crippen LogP contribution in [0.5, 0.6) is 0 Å². The van der Waals surface area contributed by atoms with Crippen LogP contribution < -0.4 is 5.32 Å². The van der Waals surface area contributed by atoms with E-state index in [1.807, 2.05) is 18.2 Å². The second-order valence-corrected chi connectivity index (χ2v) is 11.0. The molecule has 3 aromatic rings. The number of amides is 2. The molecule has 2 bridgehead atoms. The summed E-state index contributed by atoms with van der Waals surface area (Å²) in [5.74, 6) is 1.06. The number of para-hydroxylation sites is 2. The van der Waals surface area contributed by atoms with Crippen molar-refractivity contribution in [1.29, 1.82) is 0 Å². The number of fused-ring (bicyclic) bond motifs is 3. The van der Waals surface area contributed by atoms with E-state index in [0.717, 1.165) is 49.1 Å². The minimum atomic E-state index is -0.330. The number of carbonyl (C=O) groups is 2. The molecule has 3 aliphatic rings. The predicted molar refractivity (Wildman–Crippen MR) is 144 cm³/mol. The first-order valence-electron chi connectivity index (χ1n) is 13.8. The first-order chi connectivity index (χ1) is 18.0. The monoisotopic (exact) mass is 499 g/mol. The van der Waals surface area contributed by atoms with Crippen molar-refractivity contribution in [1.82, 2.24) is 24.7 Å². The van der Waals surface area contributed by atoms with Crippen LogP contribution in [0.1, 0.15) is 68.9 Å². The third kappa shape index (κ3) is 4.54. The van der Waals surface area contributed by atoms with Crippen molar-refractivity contribution in [3.63, 3.8) is 0 Å². The molecule has 4 heterocycles. The topological polar surface area (TPSA) is 70.5 Å². The lowest BCUT2D eigenvalue weighted by molar-refractivity contribution is -0.146. The Morgan fingerprint density at radius 2 is 1.68 bits per heavy atom. The van der Waals surface area contributed by atoms with Crippen molar-refractivity contribution in [2.24, 2.45) is 0 Å². The summed E-state index contributed by atoms with van der Waals surface area (Å²) in [4.78, 5) is 34.2. The predicted octanol–water partition coefficient (Wildman–Crippen LogP) is 4.38. The number of nitrogens with one attached hydrogen (secondary N) is 1. The number of hydrogen-bond donors (Lipinski definition) is 1. The van der Waals surface area contributed by atoms with E-state index in [0.29, 0.717) is 24.7 Å². The number of imidazole rings is 1. The van der Waals surface area contributed by atoms with Gasteiger partial charge in [-0.2, -0.15) is 0 Å². The highest BCUT2D eigenvalue weighted by molar-refractivity contribution is 5.88. The molecule has 3 aliphatic heterocycles. The molecule has 5 atom stereocenters. The molecule has 1 aromatic heterocycles. The van der Waals surface area contributed by atoms with Gasteiger partial charge in [-0.3, -0.25) is 14.5 Å². The van der Waals surface area contributed by atoms with Crippen LogP contribution in [0.25, 0.3) is 11.0 Å². The van der Waals surface area contributed by atoms with Gasteiger partial charge in [-0.05, 0) is 63.1 Å². The van der Waals surface area contributed by atoms with Crippen LogP contribution in [-0.2, 0) is 9.59 Å². The van der Waals surface area contributed by atoms with Crippen LogP contribution >= 0.6 is 0 Å². The molecule has 7 nitrogen and oxygen atoms in total. The summed E-state index contributed by atoms with van der Waals surface area (Å²) in [6.45, 7) is 5.32. The number of aromatic nitrogens is 2. The van der Waals surface area contributed by atoms with Crippen molar-refractivity contribution in [2.75, 3.05) is 13.1 Å². The molecule has 0 saturated carbocycles. The summed E-state index contributed by atoms with van der Waals surface area (Å²) in [6, 6.07) is 20.0. The number of benzene rings is 2. The van der Waals surface area contributed by atoms with Gasteiger partial charge in [0.05, 0.1) is 17.1 Å². The Labute approximate surface area is 218 Å². The van der Waals surface area contributed by atoms with Gasteiger partial charge in [0.1, 0.15) is 11.9 Å². The molecule has 0 spiro atoms. The highest BCUT2D eigenvalue weighted by Crippen LogP contribution is 2.42. The van der Waals surface area contributed by atoms with Crippen LogP contribution in [0.3, 0.4) is 0 Å². The van der Waals surface area contributed by atoms with Crippen molar-refractivity contribution >= 4 is 22.8 Å². The second kappa shape index (κ2) is 9.93. The SMILES string of the molecule is CC(=O)N1CC[C@H]1C(=O)N[C@@H](CCN1[C@@H]2CC[C@H]1C[C@H](n1c(C)nc3ccccc31)C2)c1ccccc1. The van der Waals surface area contributed by atoms with E-state index in [4.69, 9.17) is 4.98 Å². The normalized spacial score (nSPS) is 26.2. The van der Waals surface area contributed by atoms with Gasteiger partial charge in [-0.1, -0.05) is 42.5 Å². The molecule has 6 rings (SSSR count). The molecular weight excluding hydrogens is 462 g/mol. The van der Waals surface area contributed by atoms with E-state index >= 15 is 0 Å². The lowest BCUT2D eigenvalue weighted by Crippen LogP contribution is -2.58. The molecule has 1 N–H and O–H groups in total. The number of carbonyl (C=O) groups excluding carboxylic acids is 2. The maximum atomic E-state index is 13.1. The zero-order chi connectivity index (χ0) is 25.5. The van der Waals surface area contributed by atoms with Crippen molar-refractivity contribution < 1.29 is 9.59 Å². The molecule has 2 aromatic carbocycles. The summed E-state index contributed by atoms with van der Waals surface area (Å²) in [5.41, 5.74) is 3.47. The molecular formula is C30H37N5O2. The number of piperidine rings is 1. The van der Waals surface area contributed by atoms with Crippen LogP contribution in [0.4, 0.5) is 0 Å². The fourth-order valence-electron chi connectivity index (χ4n) is 7.04. The molecule has 7 heteroatoms. The van der Waals surface area contributed by atoms with Crippen molar-refractivity contribution in [3.05, 3.63) is 66.0 Å². The average Bonchev–Trinajstić information content (AvgIpc) is 3.31. The highest BCUT2D eigenvalue weighted by Gasteiger charge is 2.42. The third-order valence-corrected chi connectivity index (χ3v) is 8.92. The third-order valence-electron chi connectivity index (χ3n) is 8.92. The lowest BCUT2D eigenvalue weighted by Gasteiger charge is -2.41. The molecule has 0 radical (unpaired) electrons. The first kappa shape index (κ1) is 24.2. The van der Waals surface area contributed by atoms with E-state index in [1.54, 1.807) is 11.8 Å². The Kier molecular flexibility index (Phi) is 6.49. The van der Waals surface area contributed by atoms with Gasteiger partial charge in [0, 0.05) is 38.1 Å². The molecule has 0 unspecified atom stereocenters. The average molecular weight is 500 g/mol. The highest BCUT2D eigenvalue weighted by atomic mass is 16.2. The summed E-state index contributed by atoms with van der Waals surface area (Å²) in [5, 5.41) is 3.30. The van der Waals surface area contributed by atoms with Crippen molar-refractivity contribution in [3.8, 4) is 0 Å². The largest absolute Gasteiger partial charge is 0.347 e. The number of nitrogens with zero attached hydrogens (tertiary/aromatic N) is 4. The molecule has 0 aliphatic carbocycles. The van der Waals surface area contributed by atoms with E-state index in [1.165, 1.54) is 18.4 Å². The minimum absolute atomic E-state index is 0.0250. The zero-order valence-corrected chi connectivity index (χ0v) is 21.8. The standard InChI is InChI=1S/C30H37N5O2/c1-20-31-27-10-6-7-11-28(27)35(20)25-18-23-12-13-24(19-25)34(23)16-14-26(22-8-4-3-5-9-22)32-30(37)29-15-17-33(29)21(2)36/h3-11,23-26,29H,12-19H2,1-2H3,(H,32,37)/t23-,24+,25-,26-,29-/m0/s1. The fraction of sp³-hybridized carbons (Fsp3) is 0.500. The smallest absolute Gasteiger partial charge is 0.243 e. The van der Waals surface area contributed by atoms with Gasteiger partial charge < -0.3 is 14.8 Å². The summed E-state index contributed by atoms with van der Waals surface area (Å²) in [6.07, 6.45) is 6.39. The Morgan fingerprint density at radius 3 is 2.35 bits per heavy atom. The van der Waals surface area contributed by atoms with Crippen LogP contribution in [0.2, 0.25) is 0 Å². The zero-order valence-electron chi connectivity index (χ0n) is 21.8. The minimum Gasteiger partial charge on any atom is -0.347 e. The number of hydrogen-bond acceptors (Lipinski definition) is 4. The van der Waals surface area contributed by atoms with Gasteiger partial charge in [-0.15, -0.1) is 0 Å². The van der Waals surface area contributed by atoms with E-state index < -0.39 is 0 Å². The Morgan fingerprint density at radius 1 is 0.973 bits per heavy atom. The fourth-order valence-corrected chi connectivity index (χ4v) is 7.04. The molecule has 194 valence electrons. The quantitative estimate of drug-likeness (QED) is 0.524. The molecule has 37 heavy (non-hydrogen) atoms. The number of rotatable bonds is 7. The Balaban J connectivity index is 1.14. The van der Waals surface area contributed by atoms with E-state index in [-0.39, 0.29) is 23.9 Å². The van der Waals surface area contributed by atoms with Gasteiger partial charge in [0.15, 0.2) is 0 Å². The van der Waals surface area contributed by atoms with E-state index in [9.17, 15) is 9.59 Å². The summed E-state index contributed by atoms with van der Waals surface area (Å²) in [7, 11) is 0. The maximum Gasteiger partial charge on any atom is 0.243 e. The van der Waals surface area contributed by atoms with Crippen molar-refractivity contribution in [2.45, 2.75) is 82.6 Å². The van der Waals surface area contributed by atoms with Crippen LogP contribution in [0.15, 0.2) is 54.6 Å². The second-order valence-electron chi connectivity index (χ2n) is 11.0. The van der Waals surface area contributed by atoms with Crippen LogP contribution in [0, 0.1) is 6.92 Å². The Bertz CT molecular complexity index is 1270. The molecule has 3 fully saturated rings. The molecule has 3 saturated heterocycles. The van der Waals surface area contributed by atoms with Gasteiger partial charge in [0.2, 0.25) is 11.8 Å². The Hall–Kier alpha value is -3.19. The maximum absolute atomic E-state index is 13.1. The molecule has 2 amide bonds. The summed E-state index contributed by atoms with van der Waals surface area (Å²) >= 11 is 0. The van der Waals surface area contributed by atoms with Gasteiger partial charge in [0.25, 0.3) is 0 Å². The van der Waals surface area contributed by atoms with Gasteiger partial charge >= 0.3 is 0 Å². The lowest BCUT2D eigenvalue weighted by atomic mass is 9.95. The number of likely N-dealkylation sites (tertiary alicyclic amines) is 1. The number of aryl methyl sites for hydroxylation is 1. The van der Waals surface area contributed by atoms with Crippen LogP contribution in [-0.4, -0.2) is 62.4 Å².